The van der Waals surface area contributed by atoms with Gasteiger partial charge in [0, 0.05) is 31.1 Å². The van der Waals surface area contributed by atoms with E-state index in [1.165, 1.54) is 0 Å². The van der Waals surface area contributed by atoms with Gasteiger partial charge in [0.25, 0.3) is 0 Å². The summed E-state index contributed by atoms with van der Waals surface area (Å²) < 4.78 is 35.7. The van der Waals surface area contributed by atoms with Gasteiger partial charge in [0.15, 0.2) is 0 Å². The van der Waals surface area contributed by atoms with Crippen LogP contribution in [-0.4, -0.2) is 23.5 Å². The lowest BCUT2D eigenvalue weighted by molar-refractivity contribution is -0.158. The lowest BCUT2D eigenvalue weighted by Gasteiger charge is -2.34. The van der Waals surface area contributed by atoms with E-state index in [-0.39, 0.29) is 37.1 Å². The van der Waals surface area contributed by atoms with Gasteiger partial charge in [-0.05, 0) is 55.9 Å². The van der Waals surface area contributed by atoms with Crippen LogP contribution < -0.4 is 0 Å². The average Bonchev–Trinajstić information content (AvgIpc) is 3.18. The lowest BCUT2D eigenvalue weighted by atomic mass is 9.73. The van der Waals surface area contributed by atoms with Gasteiger partial charge in [-0.25, -0.2) is 0 Å². The summed E-state index contributed by atoms with van der Waals surface area (Å²) in [6.07, 6.45) is 6.92. The molecule has 0 aliphatic heterocycles. The number of ketones is 2. The largest absolute Gasteiger partial charge is 0.461 e. The minimum atomic E-state index is -3.41. The third kappa shape index (κ3) is 8.97. The van der Waals surface area contributed by atoms with Gasteiger partial charge in [0.1, 0.15) is 12.4 Å². The van der Waals surface area contributed by atoms with Crippen LogP contribution in [0.1, 0.15) is 84.1 Å². The molecule has 1 aromatic carbocycles. The molecular weight excluding hydrogens is 450 g/mol. The summed E-state index contributed by atoms with van der Waals surface area (Å²) in [4.78, 5) is 36.7. The molecule has 4 nitrogen and oxygen atoms in total. The SMILES string of the molecule is CCCC(=O)C(F)(F)C(CC(C)C)[C@@H]1CCC(=O)[C@@H]1CC=CCCCC(=O)OCc1ccccc1. The van der Waals surface area contributed by atoms with E-state index in [1.807, 2.05) is 56.3 Å². The Labute approximate surface area is 208 Å². The molecule has 0 saturated heterocycles. The van der Waals surface area contributed by atoms with Crippen LogP contribution in [0.4, 0.5) is 8.78 Å². The summed E-state index contributed by atoms with van der Waals surface area (Å²) in [5, 5.41) is 0. The predicted molar refractivity (Wildman–Crippen MR) is 133 cm³/mol. The van der Waals surface area contributed by atoms with Gasteiger partial charge in [0.05, 0.1) is 0 Å². The average molecular weight is 491 g/mol. The van der Waals surface area contributed by atoms with Crippen molar-refractivity contribution in [1.82, 2.24) is 0 Å². The van der Waals surface area contributed by atoms with Gasteiger partial charge in [-0.1, -0.05) is 63.3 Å². The van der Waals surface area contributed by atoms with Gasteiger partial charge >= 0.3 is 11.9 Å². The number of ether oxygens (including phenoxy) is 1. The zero-order valence-electron chi connectivity index (χ0n) is 21.3. The maximum absolute atomic E-state index is 15.2. The lowest BCUT2D eigenvalue weighted by Crippen LogP contribution is -2.43. The van der Waals surface area contributed by atoms with Gasteiger partial charge in [-0.2, -0.15) is 8.78 Å². The second-order valence-electron chi connectivity index (χ2n) is 10.1. The summed E-state index contributed by atoms with van der Waals surface area (Å²) in [7, 11) is 0. The molecular formula is C29H40F2O4. The number of halogens is 2. The second-order valence-corrected chi connectivity index (χ2v) is 10.1. The van der Waals surface area contributed by atoms with Crippen LogP contribution in [0, 0.1) is 23.7 Å². The molecule has 0 radical (unpaired) electrons. The van der Waals surface area contributed by atoms with Crippen molar-refractivity contribution in [3.05, 3.63) is 48.0 Å². The van der Waals surface area contributed by atoms with Gasteiger partial charge < -0.3 is 4.74 Å². The Morgan fingerprint density at radius 2 is 1.86 bits per heavy atom. The van der Waals surface area contributed by atoms with E-state index in [1.54, 1.807) is 6.92 Å². The third-order valence-corrected chi connectivity index (χ3v) is 6.76. The molecule has 6 heteroatoms. The van der Waals surface area contributed by atoms with Gasteiger partial charge in [-0.3, -0.25) is 14.4 Å². The summed E-state index contributed by atoms with van der Waals surface area (Å²) in [5.74, 6) is -6.72. The Kier molecular flexibility index (Phi) is 11.8. The molecule has 1 aliphatic rings. The van der Waals surface area contributed by atoms with Crippen molar-refractivity contribution in [2.24, 2.45) is 23.7 Å². The molecule has 0 amide bonds. The normalized spacial score (nSPS) is 19.4. The Morgan fingerprint density at radius 1 is 1.14 bits per heavy atom. The maximum Gasteiger partial charge on any atom is 0.308 e. The highest BCUT2D eigenvalue weighted by Gasteiger charge is 2.53. The number of allylic oxidation sites excluding steroid dienone is 2. The molecule has 1 aromatic rings. The van der Waals surface area contributed by atoms with E-state index in [4.69, 9.17) is 4.74 Å². The number of alkyl halides is 2. The monoisotopic (exact) mass is 490 g/mol. The fraction of sp³-hybridized carbons (Fsp3) is 0.621. The van der Waals surface area contributed by atoms with Crippen LogP contribution in [0.3, 0.4) is 0 Å². The van der Waals surface area contributed by atoms with E-state index in [0.717, 1.165) is 5.56 Å². The van der Waals surface area contributed by atoms with Gasteiger partial charge in [0.2, 0.25) is 5.78 Å². The molecule has 1 fully saturated rings. The Balaban J connectivity index is 1.87. The van der Waals surface area contributed by atoms with E-state index in [2.05, 4.69) is 0 Å². The van der Waals surface area contributed by atoms with Crippen molar-refractivity contribution >= 4 is 17.5 Å². The molecule has 1 unspecified atom stereocenters. The number of carbonyl (C=O) groups is 3. The first kappa shape index (κ1) is 28.9. The quantitative estimate of drug-likeness (QED) is 0.149. The predicted octanol–water partition coefficient (Wildman–Crippen LogP) is 7.11. The highest BCUT2D eigenvalue weighted by atomic mass is 19.3. The number of hydrogen-bond donors (Lipinski definition) is 0. The van der Waals surface area contributed by atoms with Crippen molar-refractivity contribution in [1.29, 1.82) is 0 Å². The third-order valence-electron chi connectivity index (χ3n) is 6.76. The summed E-state index contributed by atoms with van der Waals surface area (Å²) >= 11 is 0. The standard InChI is InChI=1S/C29H40F2O4/c1-4-12-27(33)29(30,31)25(19-21(2)3)23-17-18-26(32)24(23)15-10-5-6-11-16-28(34)35-20-22-13-8-7-9-14-22/h5,7-10,13-14,21,23-25H,4,6,11-12,15-20H2,1-3H3/t23-,24-,25?/m1/s1. The zero-order valence-corrected chi connectivity index (χ0v) is 21.3. The molecule has 0 bridgehead atoms. The van der Waals surface area contributed by atoms with Crippen LogP contribution >= 0.6 is 0 Å². The number of carbonyl (C=O) groups excluding carboxylic acids is 3. The second kappa shape index (κ2) is 14.3. The van der Waals surface area contributed by atoms with Crippen LogP contribution in [0.15, 0.2) is 42.5 Å². The Bertz CT molecular complexity index is 847. The van der Waals surface area contributed by atoms with Crippen LogP contribution in [0.5, 0.6) is 0 Å². The van der Waals surface area contributed by atoms with Crippen LogP contribution in [0.25, 0.3) is 0 Å². The van der Waals surface area contributed by atoms with E-state index < -0.39 is 29.5 Å². The fourth-order valence-corrected chi connectivity index (χ4v) is 4.96. The molecule has 1 aliphatic carbocycles. The smallest absolute Gasteiger partial charge is 0.308 e. The van der Waals surface area contributed by atoms with E-state index in [9.17, 15) is 14.4 Å². The summed E-state index contributed by atoms with van der Waals surface area (Å²) in [6, 6.07) is 9.48. The van der Waals surface area contributed by atoms with Crippen molar-refractivity contribution in [3.63, 3.8) is 0 Å². The van der Waals surface area contributed by atoms with Crippen LogP contribution in [-0.2, 0) is 25.7 Å². The first-order chi connectivity index (χ1) is 16.7. The number of rotatable bonds is 15. The Hall–Kier alpha value is -2.37. The summed E-state index contributed by atoms with van der Waals surface area (Å²) in [5.41, 5.74) is 0.939. The molecule has 3 atom stereocenters. The first-order valence-electron chi connectivity index (χ1n) is 12.9. The Morgan fingerprint density at radius 3 is 2.51 bits per heavy atom. The molecule has 1 saturated carbocycles. The minimum Gasteiger partial charge on any atom is -0.461 e. The van der Waals surface area contributed by atoms with Crippen molar-refractivity contribution in [2.75, 3.05) is 0 Å². The van der Waals surface area contributed by atoms with Crippen LogP contribution in [0.2, 0.25) is 0 Å². The number of Topliss-reactive ketones (excluding diaryl/α,β-unsaturated/α-hetero) is 2. The first-order valence-corrected chi connectivity index (χ1v) is 12.9. The molecule has 2 rings (SSSR count). The number of unbranched alkanes of at least 4 members (excludes halogenated alkanes) is 1. The number of esters is 1. The maximum atomic E-state index is 15.2. The van der Waals surface area contributed by atoms with Crippen molar-refractivity contribution < 1.29 is 27.9 Å². The number of hydrogen-bond acceptors (Lipinski definition) is 4. The molecule has 0 N–H and O–H groups in total. The van der Waals surface area contributed by atoms with E-state index in [0.29, 0.717) is 44.9 Å². The molecule has 0 aromatic heterocycles. The summed E-state index contributed by atoms with van der Waals surface area (Å²) in [6.45, 7) is 5.73. The highest BCUT2D eigenvalue weighted by molar-refractivity contribution is 5.87. The molecule has 0 heterocycles. The number of benzene rings is 1. The fourth-order valence-electron chi connectivity index (χ4n) is 4.96. The van der Waals surface area contributed by atoms with Crippen molar-refractivity contribution in [2.45, 2.75) is 91.1 Å². The highest BCUT2D eigenvalue weighted by Crippen LogP contribution is 2.46. The van der Waals surface area contributed by atoms with Crippen molar-refractivity contribution in [3.8, 4) is 0 Å². The molecule has 35 heavy (non-hydrogen) atoms. The van der Waals surface area contributed by atoms with Gasteiger partial charge in [-0.15, -0.1) is 0 Å². The molecule has 0 spiro atoms. The zero-order chi connectivity index (χ0) is 25.8. The van der Waals surface area contributed by atoms with E-state index >= 15 is 8.78 Å². The minimum absolute atomic E-state index is 0.00819. The topological polar surface area (TPSA) is 60.4 Å². The molecule has 194 valence electrons.